The van der Waals surface area contributed by atoms with Crippen LogP contribution < -0.4 is 0 Å². The van der Waals surface area contributed by atoms with E-state index in [4.69, 9.17) is 6.42 Å². The van der Waals surface area contributed by atoms with Crippen molar-refractivity contribution in [1.82, 2.24) is 9.13 Å². The molecule has 1 aliphatic rings. The van der Waals surface area contributed by atoms with Crippen molar-refractivity contribution in [2.24, 2.45) is 5.92 Å². The third-order valence-corrected chi connectivity index (χ3v) is 9.87. The Labute approximate surface area is 291 Å². The van der Waals surface area contributed by atoms with Gasteiger partial charge in [-0.1, -0.05) is 104 Å². The number of hydrogen-bond donors (Lipinski definition) is 0. The third-order valence-electron chi connectivity index (χ3n) is 9.87. The van der Waals surface area contributed by atoms with Crippen LogP contribution in [-0.4, -0.2) is 9.13 Å². The summed E-state index contributed by atoms with van der Waals surface area (Å²) in [4.78, 5) is 0. The number of nitriles is 2. The van der Waals surface area contributed by atoms with Gasteiger partial charge in [-0.3, -0.25) is 0 Å². The highest BCUT2D eigenvalue weighted by Gasteiger charge is 2.26. The van der Waals surface area contributed by atoms with E-state index in [1.165, 1.54) is 10.8 Å². The molecule has 2 aromatic heterocycles. The lowest BCUT2D eigenvalue weighted by molar-refractivity contribution is 0.690. The maximum atomic E-state index is 11.0. The van der Waals surface area contributed by atoms with Gasteiger partial charge in [-0.25, -0.2) is 0 Å². The summed E-state index contributed by atoms with van der Waals surface area (Å²) in [5, 5.41) is 24.3. The predicted molar refractivity (Wildman–Crippen MR) is 206 cm³/mol. The molecule has 7 aromatic rings. The second-order valence-corrected chi connectivity index (χ2v) is 12.7. The topological polar surface area (TPSA) is 57.4 Å². The normalized spacial score (nSPS) is 14.4. The molecule has 50 heavy (non-hydrogen) atoms. The van der Waals surface area contributed by atoms with Gasteiger partial charge in [0.05, 0.1) is 45.1 Å². The molecule has 0 saturated carbocycles. The monoisotopic (exact) mass is 640 g/mol. The van der Waals surface area contributed by atoms with Crippen molar-refractivity contribution in [2.75, 3.05) is 0 Å². The Balaban J connectivity index is 1.37. The summed E-state index contributed by atoms with van der Waals surface area (Å²) < 4.78 is 4.50. The molecule has 1 unspecified atom stereocenters. The summed E-state index contributed by atoms with van der Waals surface area (Å²) in [7, 11) is 0. The Morgan fingerprint density at radius 2 is 1.36 bits per heavy atom. The third kappa shape index (κ3) is 4.61. The van der Waals surface area contributed by atoms with Gasteiger partial charge in [0.1, 0.15) is 6.07 Å². The summed E-state index contributed by atoms with van der Waals surface area (Å²) in [6.45, 7) is 4.21. The molecule has 0 fully saturated rings. The van der Waals surface area contributed by atoms with Gasteiger partial charge in [0.2, 0.25) is 0 Å². The van der Waals surface area contributed by atoms with Crippen molar-refractivity contribution in [3.63, 3.8) is 0 Å². The molecule has 8 rings (SSSR count). The number of hydrogen-bond acceptors (Lipinski definition) is 2. The summed E-state index contributed by atoms with van der Waals surface area (Å²) in [5.41, 5.74) is 11.7. The molecular formula is C46H32N4. The van der Waals surface area contributed by atoms with E-state index >= 15 is 0 Å². The van der Waals surface area contributed by atoms with Crippen LogP contribution in [0.2, 0.25) is 0 Å². The SMILES string of the molecule is C#C/C=C(\C(=C/C)c1ccccc1-n1c2ccccc2c2ccccc21)c1cccc(-n2c3c(c4c(C#N)cccc42)C=CC(C)C3)c1C#N. The molecule has 5 aromatic carbocycles. The molecule has 4 heteroatoms. The zero-order valence-electron chi connectivity index (χ0n) is 27.9. The zero-order chi connectivity index (χ0) is 34.4. The molecule has 1 aliphatic carbocycles. The second kappa shape index (κ2) is 12.3. The molecule has 0 spiro atoms. The highest BCUT2D eigenvalue weighted by Crippen LogP contribution is 2.42. The number of nitrogens with zero attached hydrogens (tertiary/aromatic N) is 4. The number of benzene rings is 5. The van der Waals surface area contributed by atoms with Crippen molar-refractivity contribution in [3.05, 3.63) is 161 Å². The first-order valence-corrected chi connectivity index (χ1v) is 16.8. The molecule has 0 N–H and O–H groups in total. The summed E-state index contributed by atoms with van der Waals surface area (Å²) >= 11 is 0. The van der Waals surface area contributed by atoms with E-state index in [0.717, 1.165) is 73.3 Å². The van der Waals surface area contributed by atoms with Gasteiger partial charge in [0.15, 0.2) is 0 Å². The van der Waals surface area contributed by atoms with Crippen LogP contribution in [-0.2, 0) is 6.42 Å². The summed E-state index contributed by atoms with van der Waals surface area (Å²) in [5.74, 6) is 3.11. The standard InChI is InChI=1S/C46H32N4/c1-4-14-33(32(5-2)35-16-6-9-20-40(35)49-41-21-10-7-17-36(41)37-18-8-11-22-42(37)49)34-19-13-23-43(39(34)29-48)50-44-24-12-15-31(28-47)46(44)38-26-25-30(3)27-45(38)50/h1,5-26,30H,27H2,2-3H3/b32-5+,33-14+. The number of aromatic nitrogens is 2. The average molecular weight is 641 g/mol. The van der Waals surface area contributed by atoms with E-state index in [0.29, 0.717) is 17.0 Å². The average Bonchev–Trinajstić information content (AvgIpc) is 3.67. The van der Waals surface area contributed by atoms with Gasteiger partial charge in [-0.15, -0.1) is 6.42 Å². The fraction of sp³-hybridized carbons (Fsp3) is 0.0870. The van der Waals surface area contributed by atoms with Gasteiger partial charge in [-0.05, 0) is 72.9 Å². The first-order chi connectivity index (χ1) is 24.6. The molecule has 2 heterocycles. The van der Waals surface area contributed by atoms with E-state index < -0.39 is 0 Å². The molecule has 1 atom stereocenters. The van der Waals surface area contributed by atoms with Crippen LogP contribution in [0.25, 0.3) is 61.3 Å². The van der Waals surface area contributed by atoms with E-state index in [2.05, 4.69) is 119 Å². The lowest BCUT2D eigenvalue weighted by atomic mass is 9.87. The lowest BCUT2D eigenvalue weighted by Gasteiger charge is -2.21. The molecule has 0 bridgehead atoms. The van der Waals surface area contributed by atoms with Crippen LogP contribution >= 0.6 is 0 Å². The first-order valence-electron chi connectivity index (χ1n) is 16.8. The van der Waals surface area contributed by atoms with Crippen LogP contribution in [0.4, 0.5) is 0 Å². The van der Waals surface area contributed by atoms with Crippen molar-refractivity contribution < 1.29 is 0 Å². The first kappa shape index (κ1) is 30.5. The number of terminal acetylenes is 1. The van der Waals surface area contributed by atoms with Gasteiger partial charge in [0, 0.05) is 38.5 Å². The molecule has 0 aliphatic heterocycles. The van der Waals surface area contributed by atoms with E-state index in [1.807, 2.05) is 49.4 Å². The number of para-hydroxylation sites is 3. The van der Waals surface area contributed by atoms with Gasteiger partial charge < -0.3 is 9.13 Å². The van der Waals surface area contributed by atoms with E-state index in [9.17, 15) is 10.5 Å². The van der Waals surface area contributed by atoms with Crippen LogP contribution in [0, 0.1) is 40.9 Å². The molecule has 0 radical (unpaired) electrons. The Kier molecular flexibility index (Phi) is 7.53. The largest absolute Gasteiger partial charge is 0.312 e. The Hall–Kier alpha value is -6.80. The smallest absolute Gasteiger partial charge is 0.102 e. The van der Waals surface area contributed by atoms with Gasteiger partial charge in [0.25, 0.3) is 0 Å². The molecule has 0 amide bonds. The predicted octanol–water partition coefficient (Wildman–Crippen LogP) is 10.8. The highest BCUT2D eigenvalue weighted by molar-refractivity contribution is 6.12. The molecule has 236 valence electrons. The minimum absolute atomic E-state index is 0.314. The second-order valence-electron chi connectivity index (χ2n) is 12.7. The fourth-order valence-corrected chi connectivity index (χ4v) is 7.79. The summed E-state index contributed by atoms with van der Waals surface area (Å²) in [6, 6.07) is 42.1. The molecular weight excluding hydrogens is 609 g/mol. The van der Waals surface area contributed by atoms with Crippen molar-refractivity contribution in [1.29, 1.82) is 10.5 Å². The van der Waals surface area contributed by atoms with E-state index in [1.54, 1.807) is 6.08 Å². The van der Waals surface area contributed by atoms with Crippen LogP contribution in [0.1, 0.15) is 47.4 Å². The van der Waals surface area contributed by atoms with Crippen molar-refractivity contribution in [3.8, 4) is 35.9 Å². The molecule has 0 saturated heterocycles. The Morgan fingerprint density at radius 3 is 2.06 bits per heavy atom. The van der Waals surface area contributed by atoms with Crippen LogP contribution in [0.3, 0.4) is 0 Å². The van der Waals surface area contributed by atoms with Crippen molar-refractivity contribution in [2.45, 2.75) is 20.3 Å². The molecule has 4 nitrogen and oxygen atoms in total. The minimum atomic E-state index is 0.314. The van der Waals surface area contributed by atoms with Gasteiger partial charge in [-0.2, -0.15) is 10.5 Å². The Morgan fingerprint density at radius 1 is 0.720 bits per heavy atom. The maximum absolute atomic E-state index is 11.0. The number of fused-ring (bicyclic) bond motifs is 6. The van der Waals surface area contributed by atoms with Crippen LogP contribution in [0.15, 0.2) is 127 Å². The highest BCUT2D eigenvalue weighted by atomic mass is 15.0. The number of rotatable bonds is 5. The lowest BCUT2D eigenvalue weighted by Crippen LogP contribution is -2.10. The quantitative estimate of drug-likeness (QED) is 0.139. The minimum Gasteiger partial charge on any atom is -0.312 e. The zero-order valence-corrected chi connectivity index (χ0v) is 27.9. The maximum Gasteiger partial charge on any atom is 0.102 e. The Bertz CT molecular complexity index is 2690. The van der Waals surface area contributed by atoms with Crippen molar-refractivity contribution >= 4 is 49.9 Å². The van der Waals surface area contributed by atoms with Gasteiger partial charge >= 0.3 is 0 Å². The summed E-state index contributed by atoms with van der Waals surface area (Å²) in [6.07, 6.45) is 15.1. The fourth-order valence-electron chi connectivity index (χ4n) is 7.79. The van der Waals surface area contributed by atoms with E-state index in [-0.39, 0.29) is 0 Å². The van der Waals surface area contributed by atoms with Crippen LogP contribution in [0.5, 0.6) is 0 Å². The number of allylic oxidation sites excluding steroid dienone is 5.